The zero-order chi connectivity index (χ0) is 23.4. The van der Waals surface area contributed by atoms with Crippen LogP contribution < -0.4 is 5.56 Å². The standard InChI is InChI=1S/C27H30N4O2/c1-4-13-30(18-20(2)3)26(32)22-10-11-23-24(17-22)28-25-12-14-29(15-16-31(25)27(23)33)19-21-8-6-5-7-9-21/h1,5-11,17,20H,12-16,18-19H2,2-3H3. The number of rotatable bonds is 6. The van der Waals surface area contributed by atoms with Crippen LogP contribution in [0.15, 0.2) is 53.3 Å². The number of hydrogen-bond acceptors (Lipinski definition) is 4. The van der Waals surface area contributed by atoms with Gasteiger partial charge in [0.1, 0.15) is 5.82 Å². The van der Waals surface area contributed by atoms with E-state index >= 15 is 0 Å². The topological polar surface area (TPSA) is 58.4 Å². The summed E-state index contributed by atoms with van der Waals surface area (Å²) in [5, 5.41) is 0.541. The fourth-order valence-electron chi connectivity index (χ4n) is 4.39. The van der Waals surface area contributed by atoms with E-state index in [0.717, 1.165) is 25.5 Å². The van der Waals surface area contributed by atoms with Crippen molar-refractivity contribution < 1.29 is 4.79 Å². The molecule has 0 bridgehead atoms. The number of aromatic nitrogens is 2. The lowest BCUT2D eigenvalue weighted by molar-refractivity contribution is 0.0759. The third kappa shape index (κ3) is 5.15. The second-order valence-corrected chi connectivity index (χ2v) is 9.01. The van der Waals surface area contributed by atoms with Gasteiger partial charge < -0.3 is 4.90 Å². The Bertz CT molecular complexity index is 1240. The van der Waals surface area contributed by atoms with Crippen LogP contribution in [0.5, 0.6) is 0 Å². The van der Waals surface area contributed by atoms with Gasteiger partial charge in [0.15, 0.2) is 0 Å². The van der Waals surface area contributed by atoms with Gasteiger partial charge in [-0.05, 0) is 29.7 Å². The zero-order valence-corrected chi connectivity index (χ0v) is 19.3. The fourth-order valence-corrected chi connectivity index (χ4v) is 4.39. The predicted molar refractivity (Wildman–Crippen MR) is 131 cm³/mol. The molecule has 0 atom stereocenters. The predicted octanol–water partition coefficient (Wildman–Crippen LogP) is 3.19. The lowest BCUT2D eigenvalue weighted by atomic mass is 10.1. The van der Waals surface area contributed by atoms with Crippen molar-refractivity contribution in [3.05, 3.63) is 75.8 Å². The number of nitrogens with zero attached hydrogens (tertiary/aromatic N) is 4. The van der Waals surface area contributed by atoms with E-state index in [1.54, 1.807) is 27.7 Å². The van der Waals surface area contributed by atoms with Gasteiger partial charge in [0, 0.05) is 44.7 Å². The molecule has 2 aromatic carbocycles. The summed E-state index contributed by atoms with van der Waals surface area (Å²) in [5.41, 5.74) is 2.29. The van der Waals surface area contributed by atoms with Gasteiger partial charge in [-0.2, -0.15) is 0 Å². The quantitative estimate of drug-likeness (QED) is 0.550. The van der Waals surface area contributed by atoms with Crippen molar-refractivity contribution in [1.82, 2.24) is 19.4 Å². The first kappa shape index (κ1) is 22.8. The minimum absolute atomic E-state index is 0.0433. The Labute approximate surface area is 194 Å². The lowest BCUT2D eigenvalue weighted by Crippen LogP contribution is -2.34. The summed E-state index contributed by atoms with van der Waals surface area (Å²) < 4.78 is 1.79. The van der Waals surface area contributed by atoms with Crippen molar-refractivity contribution in [2.75, 3.05) is 26.2 Å². The molecule has 0 aliphatic carbocycles. The molecule has 3 aromatic rings. The number of carbonyl (C=O) groups is 1. The first-order valence-electron chi connectivity index (χ1n) is 11.5. The molecule has 0 fully saturated rings. The van der Waals surface area contributed by atoms with Gasteiger partial charge >= 0.3 is 0 Å². The summed E-state index contributed by atoms with van der Waals surface area (Å²) in [4.78, 5) is 35.1. The monoisotopic (exact) mass is 442 g/mol. The maximum absolute atomic E-state index is 13.2. The highest BCUT2D eigenvalue weighted by Gasteiger charge is 2.20. The normalized spacial score (nSPS) is 14.0. The smallest absolute Gasteiger partial charge is 0.261 e. The van der Waals surface area contributed by atoms with E-state index in [9.17, 15) is 9.59 Å². The largest absolute Gasteiger partial charge is 0.327 e. The Morgan fingerprint density at radius 3 is 2.67 bits per heavy atom. The van der Waals surface area contributed by atoms with Gasteiger partial charge in [0.2, 0.25) is 0 Å². The zero-order valence-electron chi connectivity index (χ0n) is 19.3. The molecule has 0 spiro atoms. The molecule has 0 unspecified atom stereocenters. The molecule has 0 saturated heterocycles. The van der Waals surface area contributed by atoms with E-state index < -0.39 is 0 Å². The highest BCUT2D eigenvalue weighted by molar-refractivity contribution is 5.97. The second kappa shape index (κ2) is 10.0. The maximum Gasteiger partial charge on any atom is 0.261 e. The van der Waals surface area contributed by atoms with Crippen LogP contribution >= 0.6 is 0 Å². The molecular formula is C27H30N4O2. The Kier molecular flexibility index (Phi) is 6.90. The van der Waals surface area contributed by atoms with Crippen LogP contribution in [0.2, 0.25) is 0 Å². The van der Waals surface area contributed by atoms with Gasteiger partial charge in [0.25, 0.3) is 11.5 Å². The molecule has 0 radical (unpaired) electrons. The maximum atomic E-state index is 13.2. The van der Waals surface area contributed by atoms with Crippen molar-refractivity contribution in [3.8, 4) is 12.3 Å². The molecule has 2 heterocycles. The highest BCUT2D eigenvalue weighted by Crippen LogP contribution is 2.17. The first-order valence-corrected chi connectivity index (χ1v) is 11.5. The van der Waals surface area contributed by atoms with Gasteiger partial charge in [-0.3, -0.25) is 19.1 Å². The van der Waals surface area contributed by atoms with Crippen molar-refractivity contribution >= 4 is 16.8 Å². The van der Waals surface area contributed by atoms with Crippen molar-refractivity contribution in [2.45, 2.75) is 33.4 Å². The van der Waals surface area contributed by atoms with Crippen LogP contribution in [0.25, 0.3) is 10.9 Å². The highest BCUT2D eigenvalue weighted by atomic mass is 16.2. The average Bonchev–Trinajstić information content (AvgIpc) is 3.01. The molecule has 0 saturated carbocycles. The third-order valence-corrected chi connectivity index (χ3v) is 5.98. The number of fused-ring (bicyclic) bond motifs is 2. The van der Waals surface area contributed by atoms with Crippen molar-refractivity contribution in [1.29, 1.82) is 0 Å². The average molecular weight is 443 g/mol. The van der Waals surface area contributed by atoms with Crippen LogP contribution in [0.1, 0.15) is 35.6 Å². The minimum Gasteiger partial charge on any atom is -0.327 e. The van der Waals surface area contributed by atoms with E-state index in [2.05, 4.69) is 36.8 Å². The SMILES string of the molecule is C#CCN(CC(C)C)C(=O)c1ccc2c(=O)n3c(nc2c1)CCN(Cc1ccccc1)CC3. The summed E-state index contributed by atoms with van der Waals surface area (Å²) in [6.45, 7) is 8.02. The number of benzene rings is 2. The van der Waals surface area contributed by atoms with Crippen molar-refractivity contribution in [3.63, 3.8) is 0 Å². The molecule has 170 valence electrons. The molecule has 1 aliphatic heterocycles. The van der Waals surface area contributed by atoms with Crippen LogP contribution in [0, 0.1) is 18.3 Å². The summed E-state index contributed by atoms with van der Waals surface area (Å²) in [7, 11) is 0. The number of amides is 1. The summed E-state index contributed by atoms with van der Waals surface area (Å²) >= 11 is 0. The van der Waals surface area contributed by atoms with Crippen LogP contribution in [-0.4, -0.2) is 51.4 Å². The molecule has 4 rings (SSSR count). The van der Waals surface area contributed by atoms with E-state index in [1.807, 2.05) is 18.2 Å². The molecule has 33 heavy (non-hydrogen) atoms. The van der Waals surface area contributed by atoms with Crippen LogP contribution in [0.3, 0.4) is 0 Å². The van der Waals surface area contributed by atoms with E-state index in [-0.39, 0.29) is 18.0 Å². The van der Waals surface area contributed by atoms with E-state index in [1.165, 1.54) is 5.56 Å². The Morgan fingerprint density at radius 1 is 1.15 bits per heavy atom. The molecule has 1 aromatic heterocycles. The molecule has 6 nitrogen and oxygen atoms in total. The van der Waals surface area contributed by atoms with Crippen molar-refractivity contribution in [2.24, 2.45) is 5.92 Å². The number of hydrogen-bond donors (Lipinski definition) is 0. The van der Waals surface area contributed by atoms with E-state index in [0.29, 0.717) is 41.9 Å². The number of carbonyl (C=O) groups excluding carboxylic acids is 1. The first-order chi connectivity index (χ1) is 16.0. The Balaban J connectivity index is 1.60. The third-order valence-electron chi connectivity index (χ3n) is 5.98. The molecule has 1 amide bonds. The molecule has 1 aliphatic rings. The van der Waals surface area contributed by atoms with Gasteiger partial charge in [-0.25, -0.2) is 4.98 Å². The minimum atomic E-state index is -0.130. The molecular weight excluding hydrogens is 412 g/mol. The summed E-state index contributed by atoms with van der Waals surface area (Å²) in [6.07, 6.45) is 6.17. The lowest BCUT2D eigenvalue weighted by Gasteiger charge is -2.22. The van der Waals surface area contributed by atoms with Crippen LogP contribution in [-0.2, 0) is 19.5 Å². The second-order valence-electron chi connectivity index (χ2n) is 9.01. The fraction of sp³-hybridized carbons (Fsp3) is 0.370. The van der Waals surface area contributed by atoms with Gasteiger partial charge in [0.05, 0.1) is 17.4 Å². The Hall–Kier alpha value is -3.43. The molecule has 0 N–H and O–H groups in total. The van der Waals surface area contributed by atoms with E-state index in [4.69, 9.17) is 11.4 Å². The summed E-state index contributed by atoms with van der Waals surface area (Å²) in [5.74, 6) is 3.52. The van der Waals surface area contributed by atoms with Gasteiger partial charge in [-0.15, -0.1) is 6.42 Å². The Morgan fingerprint density at radius 2 is 1.94 bits per heavy atom. The molecule has 6 heteroatoms. The van der Waals surface area contributed by atoms with Crippen LogP contribution in [0.4, 0.5) is 0 Å². The number of terminal acetylenes is 1. The summed E-state index contributed by atoms with van der Waals surface area (Å²) in [6, 6.07) is 15.5. The van der Waals surface area contributed by atoms with Gasteiger partial charge in [-0.1, -0.05) is 50.1 Å².